The molecule has 0 fully saturated rings. The highest BCUT2D eigenvalue weighted by Gasteiger charge is 2.30. The fourth-order valence-electron chi connectivity index (χ4n) is 3.24. The topological polar surface area (TPSA) is 94.8 Å². The van der Waals surface area contributed by atoms with E-state index in [-0.39, 0.29) is 28.4 Å². The summed E-state index contributed by atoms with van der Waals surface area (Å²) < 4.78 is -2.07. The third-order valence-corrected chi connectivity index (χ3v) is 5.20. The Kier molecular flexibility index (Phi) is 4.81. The Morgan fingerprint density at radius 2 is 1.48 bits per heavy atom. The lowest BCUT2D eigenvalue weighted by Crippen LogP contribution is -2.34. The van der Waals surface area contributed by atoms with Crippen LogP contribution >= 0.6 is 34.8 Å². The molecule has 0 aliphatic rings. The molecular formula is C20H14Cl3N3O3. The van der Waals surface area contributed by atoms with Crippen molar-refractivity contribution in [3.05, 3.63) is 68.0 Å². The van der Waals surface area contributed by atoms with Gasteiger partial charge in [0.25, 0.3) is 9.70 Å². The van der Waals surface area contributed by atoms with Crippen molar-refractivity contribution in [2.24, 2.45) is 0 Å². The summed E-state index contributed by atoms with van der Waals surface area (Å²) in [6.07, 6.45) is 0. The van der Waals surface area contributed by atoms with Crippen molar-refractivity contribution in [1.29, 1.82) is 0 Å². The van der Waals surface area contributed by atoms with Gasteiger partial charge in [-0.1, -0.05) is 52.5 Å². The zero-order valence-electron chi connectivity index (χ0n) is 15.0. The lowest BCUT2D eigenvalue weighted by atomic mass is 10.1. The van der Waals surface area contributed by atoms with Crippen LogP contribution < -0.4 is 16.2 Å². The van der Waals surface area contributed by atoms with Crippen LogP contribution in [0.4, 0.5) is 0 Å². The van der Waals surface area contributed by atoms with Crippen molar-refractivity contribution in [1.82, 2.24) is 15.3 Å². The molecule has 4 aromatic rings. The predicted octanol–water partition coefficient (Wildman–Crippen LogP) is 3.82. The monoisotopic (exact) mass is 449 g/mol. The van der Waals surface area contributed by atoms with Crippen LogP contribution in [-0.2, 0) is 11.3 Å². The Balaban J connectivity index is 1.86. The molecule has 0 saturated heterocycles. The normalized spacial score (nSPS) is 12.0. The molecule has 2 aromatic carbocycles. The molecule has 4 rings (SSSR count). The standard InChI is InChI=1S/C20H14Cl3N3O3/c1-9-2-4-13-11(6-9)17(27)15-16(25-13)18(28)12-7-10(3-5-14(12)26-15)8-24-19(29)20(21,22)23/h2-7H,8H2,1H3,(H,24,29)(H,25,27)(H,26,28). The van der Waals surface area contributed by atoms with Crippen LogP contribution in [0.5, 0.6) is 0 Å². The number of H-pyrrole nitrogens is 2. The number of aryl methyl sites for hydroxylation is 1. The van der Waals surface area contributed by atoms with Crippen molar-refractivity contribution >= 4 is 73.5 Å². The average Bonchev–Trinajstić information content (AvgIpc) is 2.67. The third-order valence-electron chi connectivity index (χ3n) is 4.68. The first-order valence-corrected chi connectivity index (χ1v) is 9.75. The molecule has 0 atom stereocenters. The molecule has 29 heavy (non-hydrogen) atoms. The summed E-state index contributed by atoms with van der Waals surface area (Å²) in [5.41, 5.74) is 2.55. The maximum atomic E-state index is 13.1. The molecule has 148 valence electrons. The molecule has 9 heteroatoms. The first-order valence-electron chi connectivity index (χ1n) is 8.61. The fourth-order valence-corrected chi connectivity index (χ4v) is 3.44. The van der Waals surface area contributed by atoms with Gasteiger partial charge in [-0.25, -0.2) is 0 Å². The van der Waals surface area contributed by atoms with Crippen LogP contribution in [0.25, 0.3) is 32.8 Å². The smallest absolute Gasteiger partial charge is 0.272 e. The van der Waals surface area contributed by atoms with Gasteiger partial charge in [-0.15, -0.1) is 0 Å². The average molecular weight is 451 g/mol. The fraction of sp³-hybridized carbons (Fsp3) is 0.150. The molecule has 2 heterocycles. The van der Waals surface area contributed by atoms with Crippen LogP contribution in [0.3, 0.4) is 0 Å². The van der Waals surface area contributed by atoms with Gasteiger partial charge in [0.15, 0.2) is 0 Å². The van der Waals surface area contributed by atoms with Gasteiger partial charge in [0.2, 0.25) is 10.9 Å². The summed E-state index contributed by atoms with van der Waals surface area (Å²) in [7, 11) is 0. The number of fused-ring (bicyclic) bond motifs is 3. The third kappa shape index (κ3) is 3.59. The van der Waals surface area contributed by atoms with Crippen LogP contribution in [0.15, 0.2) is 46.0 Å². The summed E-state index contributed by atoms with van der Waals surface area (Å²) in [4.78, 5) is 43.8. The van der Waals surface area contributed by atoms with E-state index in [1.807, 2.05) is 13.0 Å². The minimum absolute atomic E-state index is 0.0771. The van der Waals surface area contributed by atoms with Gasteiger partial charge in [0.05, 0.1) is 0 Å². The number of amides is 1. The highest BCUT2D eigenvalue weighted by Crippen LogP contribution is 2.26. The van der Waals surface area contributed by atoms with E-state index in [0.29, 0.717) is 27.4 Å². The number of alkyl halides is 3. The number of hydrogen-bond acceptors (Lipinski definition) is 3. The molecular weight excluding hydrogens is 437 g/mol. The number of benzene rings is 2. The van der Waals surface area contributed by atoms with Gasteiger partial charge in [0, 0.05) is 28.4 Å². The van der Waals surface area contributed by atoms with Gasteiger partial charge in [0.1, 0.15) is 11.0 Å². The summed E-state index contributed by atoms with van der Waals surface area (Å²) in [5.74, 6) is -0.763. The maximum Gasteiger partial charge on any atom is 0.272 e. The van der Waals surface area contributed by atoms with E-state index in [4.69, 9.17) is 34.8 Å². The number of halogens is 3. The number of rotatable bonds is 2. The molecule has 2 aromatic heterocycles. The molecule has 0 aliphatic carbocycles. The summed E-state index contributed by atoms with van der Waals surface area (Å²) in [5, 5.41) is 3.38. The number of carbonyl (C=O) groups is 1. The SMILES string of the molecule is Cc1ccc2[nH]c3c(=O)c4cc(CNC(=O)C(Cl)(Cl)Cl)ccc4[nH]c3c(=O)c2c1. The Morgan fingerprint density at radius 3 is 2.07 bits per heavy atom. The van der Waals surface area contributed by atoms with Crippen LogP contribution in [0.1, 0.15) is 11.1 Å². The van der Waals surface area contributed by atoms with Crippen molar-refractivity contribution in [3.63, 3.8) is 0 Å². The molecule has 3 N–H and O–H groups in total. The zero-order chi connectivity index (χ0) is 20.9. The lowest BCUT2D eigenvalue weighted by Gasteiger charge is -2.12. The Bertz CT molecular complexity index is 1420. The van der Waals surface area contributed by atoms with Gasteiger partial charge in [-0.2, -0.15) is 0 Å². The van der Waals surface area contributed by atoms with Crippen molar-refractivity contribution < 1.29 is 4.79 Å². The van der Waals surface area contributed by atoms with Gasteiger partial charge in [-0.05, 0) is 36.8 Å². The summed E-state index contributed by atoms with van der Waals surface area (Å²) in [6, 6.07) is 10.4. The molecule has 0 aliphatic heterocycles. The van der Waals surface area contributed by atoms with Crippen LogP contribution in [0.2, 0.25) is 0 Å². The van der Waals surface area contributed by atoms with Crippen molar-refractivity contribution in [2.75, 3.05) is 0 Å². The minimum atomic E-state index is -2.07. The number of nitrogens with one attached hydrogen (secondary N) is 3. The summed E-state index contributed by atoms with van der Waals surface area (Å²) in [6.45, 7) is 1.98. The lowest BCUT2D eigenvalue weighted by molar-refractivity contribution is -0.120. The van der Waals surface area contributed by atoms with Crippen LogP contribution in [0, 0.1) is 6.92 Å². The van der Waals surface area contributed by atoms with E-state index < -0.39 is 9.70 Å². The molecule has 1 amide bonds. The number of aromatic nitrogens is 2. The van der Waals surface area contributed by atoms with E-state index in [1.165, 1.54) is 0 Å². The van der Waals surface area contributed by atoms with Gasteiger partial charge in [-0.3, -0.25) is 14.4 Å². The first kappa shape index (κ1) is 19.8. The van der Waals surface area contributed by atoms with Gasteiger partial charge < -0.3 is 15.3 Å². The number of aromatic amines is 2. The largest absolute Gasteiger partial charge is 0.350 e. The first-order chi connectivity index (χ1) is 13.6. The Hall–Kier alpha value is -2.54. The maximum absolute atomic E-state index is 13.1. The second kappa shape index (κ2) is 7.06. The molecule has 0 radical (unpaired) electrons. The molecule has 0 unspecified atom stereocenters. The van der Waals surface area contributed by atoms with E-state index >= 15 is 0 Å². The second-order valence-electron chi connectivity index (χ2n) is 6.77. The van der Waals surface area contributed by atoms with Crippen molar-refractivity contribution in [2.45, 2.75) is 17.3 Å². The highest BCUT2D eigenvalue weighted by atomic mass is 35.6. The van der Waals surface area contributed by atoms with E-state index in [9.17, 15) is 14.4 Å². The van der Waals surface area contributed by atoms with E-state index in [2.05, 4.69) is 15.3 Å². The van der Waals surface area contributed by atoms with Crippen molar-refractivity contribution in [3.8, 4) is 0 Å². The number of carbonyl (C=O) groups excluding carboxylic acids is 1. The zero-order valence-corrected chi connectivity index (χ0v) is 17.3. The summed E-state index contributed by atoms with van der Waals surface area (Å²) >= 11 is 16.6. The number of hydrogen-bond donors (Lipinski definition) is 3. The highest BCUT2D eigenvalue weighted by molar-refractivity contribution is 6.76. The quantitative estimate of drug-likeness (QED) is 0.320. The number of pyridine rings is 2. The molecule has 0 bridgehead atoms. The Labute approximate surface area is 178 Å². The Morgan fingerprint density at radius 1 is 0.931 bits per heavy atom. The van der Waals surface area contributed by atoms with Gasteiger partial charge >= 0.3 is 0 Å². The minimum Gasteiger partial charge on any atom is -0.350 e. The molecule has 6 nitrogen and oxygen atoms in total. The predicted molar refractivity (Wildman–Crippen MR) is 117 cm³/mol. The second-order valence-corrected chi connectivity index (χ2v) is 9.05. The van der Waals surface area contributed by atoms with E-state index in [1.54, 1.807) is 30.3 Å². The van der Waals surface area contributed by atoms with Crippen LogP contribution in [-0.4, -0.2) is 19.7 Å². The molecule has 0 spiro atoms. The van der Waals surface area contributed by atoms with E-state index in [0.717, 1.165) is 5.56 Å². The molecule has 0 saturated carbocycles.